The Kier molecular flexibility index (Phi) is 5.18. The summed E-state index contributed by atoms with van der Waals surface area (Å²) in [6, 6.07) is 0. The average molecular weight is 322 g/mol. The van der Waals surface area contributed by atoms with E-state index >= 15 is 0 Å². The smallest absolute Gasteiger partial charge is 0.244 e. The molecule has 0 spiro atoms. The first-order chi connectivity index (χ1) is 9.04. The summed E-state index contributed by atoms with van der Waals surface area (Å²) in [5.74, 6) is 3.21. The zero-order valence-corrected chi connectivity index (χ0v) is 13.1. The van der Waals surface area contributed by atoms with Crippen LogP contribution in [0.5, 0.6) is 0 Å². The van der Waals surface area contributed by atoms with Gasteiger partial charge in [0, 0.05) is 35.6 Å². The number of nitrogens with one attached hydrogen (secondary N) is 2. The molecule has 1 aromatic heterocycles. The predicted molar refractivity (Wildman–Crippen MR) is 80.0 cm³/mol. The van der Waals surface area contributed by atoms with Crippen molar-refractivity contribution >= 4 is 33.5 Å². The first kappa shape index (κ1) is 15.2. The summed E-state index contributed by atoms with van der Waals surface area (Å²) in [4.78, 5) is 0.198. The van der Waals surface area contributed by atoms with Crippen molar-refractivity contribution in [1.82, 2.24) is 14.9 Å². The molecule has 6 nitrogen and oxygen atoms in total. The molecule has 1 aliphatic rings. The summed E-state index contributed by atoms with van der Waals surface area (Å²) in [6.07, 6.45) is 0. The molecule has 0 aromatic carbocycles. The number of nitrogens with zero attached hydrogens (tertiary/aromatic N) is 1. The first-order valence-electron chi connectivity index (χ1n) is 5.97. The Hall–Kier alpha value is -0.220. The van der Waals surface area contributed by atoms with Crippen molar-refractivity contribution in [2.45, 2.75) is 23.6 Å². The van der Waals surface area contributed by atoms with Gasteiger partial charge in [-0.15, -0.1) is 0 Å². The fraction of sp³-hybridized carbons (Fsp3) is 0.700. The number of thioether (sulfide) groups is 2. The maximum atomic E-state index is 12.3. The molecule has 1 aromatic rings. The van der Waals surface area contributed by atoms with Crippen LogP contribution in [0.25, 0.3) is 0 Å². The van der Waals surface area contributed by atoms with E-state index in [9.17, 15) is 8.42 Å². The summed E-state index contributed by atoms with van der Waals surface area (Å²) in [5, 5.41) is 6.93. The molecule has 4 N–H and O–H groups in total. The minimum atomic E-state index is -3.54. The van der Waals surface area contributed by atoms with Gasteiger partial charge in [-0.2, -0.15) is 28.6 Å². The first-order valence-corrected chi connectivity index (χ1v) is 9.66. The second-order valence-electron chi connectivity index (χ2n) is 4.25. The van der Waals surface area contributed by atoms with Crippen molar-refractivity contribution in [2.24, 2.45) is 5.73 Å². The Morgan fingerprint density at radius 1 is 1.53 bits per heavy atom. The molecular formula is C10H18N4O2S3. The van der Waals surface area contributed by atoms with Gasteiger partial charge in [0.1, 0.15) is 4.90 Å². The molecule has 0 saturated carbocycles. The van der Waals surface area contributed by atoms with Gasteiger partial charge in [0.05, 0.1) is 11.4 Å². The van der Waals surface area contributed by atoms with Crippen LogP contribution in [0.2, 0.25) is 0 Å². The van der Waals surface area contributed by atoms with Crippen LogP contribution in [0.1, 0.15) is 11.4 Å². The van der Waals surface area contributed by atoms with E-state index in [1.54, 1.807) is 6.92 Å². The fourth-order valence-corrected chi connectivity index (χ4v) is 6.06. The van der Waals surface area contributed by atoms with Crippen LogP contribution in [0, 0.1) is 6.92 Å². The third kappa shape index (κ3) is 3.66. The number of aromatic nitrogens is 2. The van der Waals surface area contributed by atoms with E-state index in [1.807, 2.05) is 23.5 Å². The molecule has 0 bridgehead atoms. The summed E-state index contributed by atoms with van der Waals surface area (Å²) in [6.45, 7) is 2.25. The van der Waals surface area contributed by atoms with Crippen molar-refractivity contribution in [3.63, 3.8) is 0 Å². The molecule has 1 aliphatic heterocycles. The summed E-state index contributed by atoms with van der Waals surface area (Å²) in [5.41, 5.74) is 6.43. The quantitative estimate of drug-likeness (QED) is 0.721. The largest absolute Gasteiger partial charge is 0.325 e. The fourth-order valence-electron chi connectivity index (χ4n) is 1.89. The van der Waals surface area contributed by atoms with Gasteiger partial charge >= 0.3 is 0 Å². The highest BCUT2D eigenvalue weighted by molar-refractivity contribution is 8.06. The molecule has 19 heavy (non-hydrogen) atoms. The van der Waals surface area contributed by atoms with Gasteiger partial charge < -0.3 is 5.73 Å². The average Bonchev–Trinajstić information content (AvgIpc) is 2.80. The molecule has 108 valence electrons. The van der Waals surface area contributed by atoms with E-state index in [0.717, 1.165) is 17.3 Å². The molecule has 0 radical (unpaired) electrons. The second-order valence-corrected chi connectivity index (χ2v) is 8.51. The van der Waals surface area contributed by atoms with Crippen LogP contribution in [0.15, 0.2) is 4.90 Å². The molecule has 1 atom stereocenters. The summed E-state index contributed by atoms with van der Waals surface area (Å²) < 4.78 is 27.3. The lowest BCUT2D eigenvalue weighted by Gasteiger charge is -2.21. The Balaban J connectivity index is 2.07. The Labute approximate surface area is 121 Å². The van der Waals surface area contributed by atoms with Crippen LogP contribution < -0.4 is 10.5 Å². The van der Waals surface area contributed by atoms with Gasteiger partial charge in [-0.1, -0.05) is 0 Å². The third-order valence-electron chi connectivity index (χ3n) is 2.81. The predicted octanol–water partition coefficient (Wildman–Crippen LogP) is 0.304. The van der Waals surface area contributed by atoms with E-state index < -0.39 is 10.0 Å². The number of aryl methyl sites for hydroxylation is 1. The minimum absolute atomic E-state index is 0.106. The number of sulfonamides is 1. The van der Waals surface area contributed by atoms with Gasteiger partial charge in [0.15, 0.2) is 0 Å². The van der Waals surface area contributed by atoms with E-state index in [1.165, 1.54) is 0 Å². The zero-order valence-electron chi connectivity index (χ0n) is 10.7. The van der Waals surface area contributed by atoms with E-state index in [2.05, 4.69) is 14.9 Å². The Morgan fingerprint density at radius 2 is 2.32 bits per heavy atom. The summed E-state index contributed by atoms with van der Waals surface area (Å²) >= 11 is 3.69. The van der Waals surface area contributed by atoms with E-state index in [-0.39, 0.29) is 11.4 Å². The number of H-pyrrole nitrogens is 1. The monoisotopic (exact) mass is 322 g/mol. The zero-order chi connectivity index (χ0) is 13.9. The number of aromatic amines is 1. The number of rotatable bonds is 5. The van der Waals surface area contributed by atoms with Crippen LogP contribution in [-0.2, 0) is 16.6 Å². The topological polar surface area (TPSA) is 101 Å². The highest BCUT2D eigenvalue weighted by Gasteiger charge is 2.25. The normalized spacial score (nSPS) is 20.6. The molecule has 1 unspecified atom stereocenters. The Bertz CT molecular complexity index is 523. The lowest BCUT2D eigenvalue weighted by atomic mass is 10.4. The molecule has 1 saturated heterocycles. The molecule has 0 aliphatic carbocycles. The molecule has 2 rings (SSSR count). The highest BCUT2D eigenvalue weighted by atomic mass is 32.2. The van der Waals surface area contributed by atoms with Crippen LogP contribution in [0.4, 0.5) is 0 Å². The number of hydrogen-bond acceptors (Lipinski definition) is 6. The second kappa shape index (κ2) is 6.49. The van der Waals surface area contributed by atoms with Crippen LogP contribution in [0.3, 0.4) is 0 Å². The maximum absolute atomic E-state index is 12.3. The van der Waals surface area contributed by atoms with Gasteiger partial charge in [0.25, 0.3) is 0 Å². The van der Waals surface area contributed by atoms with Gasteiger partial charge in [-0.05, 0) is 6.92 Å². The molecule has 2 heterocycles. The minimum Gasteiger partial charge on any atom is -0.325 e. The standard InChI is InChI=1S/C10H18N4O2S3/c1-7-10(9(4-11)14-13-7)19(15,16)12-5-8-6-17-2-3-18-8/h8,12H,2-6,11H2,1H3,(H,13,14). The van der Waals surface area contributed by atoms with Crippen molar-refractivity contribution in [1.29, 1.82) is 0 Å². The van der Waals surface area contributed by atoms with E-state index in [0.29, 0.717) is 23.2 Å². The SMILES string of the molecule is Cc1[nH]nc(CN)c1S(=O)(=O)NCC1CSCCS1. The molecular weight excluding hydrogens is 304 g/mol. The maximum Gasteiger partial charge on any atom is 0.244 e. The lowest BCUT2D eigenvalue weighted by Crippen LogP contribution is -2.34. The van der Waals surface area contributed by atoms with Crippen LogP contribution >= 0.6 is 23.5 Å². The molecule has 9 heteroatoms. The highest BCUT2D eigenvalue weighted by Crippen LogP contribution is 2.24. The van der Waals surface area contributed by atoms with Gasteiger partial charge in [-0.25, -0.2) is 13.1 Å². The third-order valence-corrected chi connectivity index (χ3v) is 7.28. The van der Waals surface area contributed by atoms with Gasteiger partial charge in [0.2, 0.25) is 10.0 Å². The van der Waals surface area contributed by atoms with Crippen molar-refractivity contribution in [3.8, 4) is 0 Å². The molecule has 0 amide bonds. The number of nitrogens with two attached hydrogens (primary N) is 1. The lowest BCUT2D eigenvalue weighted by molar-refractivity contribution is 0.579. The molecule has 1 fully saturated rings. The summed E-state index contributed by atoms with van der Waals surface area (Å²) in [7, 11) is -3.54. The van der Waals surface area contributed by atoms with Crippen LogP contribution in [-0.4, -0.2) is 47.7 Å². The van der Waals surface area contributed by atoms with Crippen molar-refractivity contribution in [3.05, 3.63) is 11.4 Å². The Morgan fingerprint density at radius 3 is 2.95 bits per heavy atom. The van der Waals surface area contributed by atoms with Gasteiger partial charge in [-0.3, -0.25) is 5.10 Å². The van der Waals surface area contributed by atoms with Crippen molar-refractivity contribution in [2.75, 3.05) is 23.8 Å². The number of hydrogen-bond donors (Lipinski definition) is 3. The van der Waals surface area contributed by atoms with E-state index in [4.69, 9.17) is 5.73 Å². The van der Waals surface area contributed by atoms with Crippen molar-refractivity contribution < 1.29 is 8.42 Å².